The Labute approximate surface area is 389 Å². The second-order valence-electron chi connectivity index (χ2n) is 17.6. The highest BCUT2D eigenvalue weighted by Crippen LogP contribution is 2.40. The predicted molar refractivity (Wildman–Crippen MR) is 284 cm³/mol. The fraction of sp³-hybridized carbons (Fsp3) is 0. The maximum atomic E-state index is 6.38. The quantitative estimate of drug-likeness (QED) is 0.146. The van der Waals surface area contributed by atoms with Crippen LogP contribution in [0.4, 0.5) is 0 Å². The normalized spacial score (nSPS) is 11.6. The smallest absolute Gasteiger partial charge is 0.143 e. The first-order valence-corrected chi connectivity index (χ1v) is 23.1. The van der Waals surface area contributed by atoms with Crippen molar-refractivity contribution in [1.29, 1.82) is 0 Å². The summed E-state index contributed by atoms with van der Waals surface area (Å²) in [5.41, 5.74) is 18.4. The van der Waals surface area contributed by atoms with E-state index in [1.807, 2.05) is 12.1 Å². The van der Waals surface area contributed by atoms with Crippen LogP contribution in [0.25, 0.3) is 132 Å². The Bertz CT molecular complexity index is 3980. The van der Waals surface area contributed by atoms with Gasteiger partial charge in [0.05, 0.1) is 0 Å². The summed E-state index contributed by atoms with van der Waals surface area (Å²) in [6, 6.07) is 92.6. The molecule has 0 saturated carbocycles. The third kappa shape index (κ3) is 6.88. The van der Waals surface area contributed by atoms with Crippen molar-refractivity contribution >= 4 is 54.3 Å². The maximum absolute atomic E-state index is 6.38. The highest BCUT2D eigenvalue weighted by Gasteiger charge is 2.14. The van der Waals surface area contributed by atoms with Gasteiger partial charge in [0.15, 0.2) is 0 Å². The summed E-state index contributed by atoms with van der Waals surface area (Å²) < 4.78 is 6.38. The van der Waals surface area contributed by atoms with Crippen molar-refractivity contribution in [2.75, 3.05) is 0 Å². The van der Waals surface area contributed by atoms with E-state index < -0.39 is 0 Å². The Morgan fingerprint density at radius 1 is 0.179 bits per heavy atom. The van der Waals surface area contributed by atoms with Gasteiger partial charge in [-0.15, -0.1) is 0 Å². The van der Waals surface area contributed by atoms with Crippen molar-refractivity contribution in [2.45, 2.75) is 0 Å². The van der Waals surface area contributed by atoms with E-state index in [1.165, 1.54) is 99.1 Å². The van der Waals surface area contributed by atoms with Gasteiger partial charge in [0.25, 0.3) is 0 Å². The molecule has 312 valence electrons. The Hall–Kier alpha value is -8.78. The number of rotatable bonds is 7. The lowest BCUT2D eigenvalue weighted by atomic mass is 9.91. The van der Waals surface area contributed by atoms with Crippen LogP contribution in [0.5, 0.6) is 0 Å². The molecule has 0 bridgehead atoms. The summed E-state index contributed by atoms with van der Waals surface area (Å²) in [4.78, 5) is 0. The molecular weight excluding hydrogens is 809 g/mol. The van der Waals surface area contributed by atoms with Crippen molar-refractivity contribution in [3.05, 3.63) is 255 Å². The Kier molecular flexibility index (Phi) is 9.25. The van der Waals surface area contributed by atoms with Gasteiger partial charge >= 0.3 is 0 Å². The zero-order chi connectivity index (χ0) is 44.3. The molecule has 67 heavy (non-hydrogen) atoms. The highest BCUT2D eigenvalue weighted by molar-refractivity contribution is 6.25. The largest absolute Gasteiger partial charge is 0.455 e. The molecule has 1 aromatic heterocycles. The second kappa shape index (κ2) is 16.0. The topological polar surface area (TPSA) is 13.1 Å². The van der Waals surface area contributed by atoms with Crippen LogP contribution in [-0.2, 0) is 0 Å². The molecule has 0 atom stereocenters. The van der Waals surface area contributed by atoms with Crippen molar-refractivity contribution in [3.8, 4) is 77.9 Å². The molecule has 13 rings (SSSR count). The van der Waals surface area contributed by atoms with Gasteiger partial charge in [-0.1, -0.05) is 218 Å². The van der Waals surface area contributed by atoms with Gasteiger partial charge in [0, 0.05) is 16.3 Å². The average Bonchev–Trinajstić information content (AvgIpc) is 3.80. The molecular formula is C66H42O. The zero-order valence-electron chi connectivity index (χ0n) is 36.7. The van der Waals surface area contributed by atoms with Crippen molar-refractivity contribution in [1.82, 2.24) is 0 Å². The fourth-order valence-corrected chi connectivity index (χ4v) is 10.3. The molecule has 13 aromatic rings. The summed E-state index contributed by atoms with van der Waals surface area (Å²) in [7, 11) is 0. The maximum Gasteiger partial charge on any atom is 0.143 e. The van der Waals surface area contributed by atoms with Crippen LogP contribution in [-0.4, -0.2) is 0 Å². The van der Waals surface area contributed by atoms with E-state index in [2.05, 4.69) is 243 Å². The number of hydrogen-bond acceptors (Lipinski definition) is 1. The third-order valence-corrected chi connectivity index (χ3v) is 13.7. The summed E-state index contributed by atoms with van der Waals surface area (Å²) in [6.07, 6.45) is 0. The molecule has 0 aliphatic carbocycles. The minimum absolute atomic E-state index is 0.915. The first-order valence-electron chi connectivity index (χ1n) is 23.1. The average molecular weight is 851 g/mol. The van der Waals surface area contributed by atoms with Crippen molar-refractivity contribution < 1.29 is 4.42 Å². The van der Waals surface area contributed by atoms with Crippen molar-refractivity contribution in [3.63, 3.8) is 0 Å². The lowest BCUT2D eigenvalue weighted by Crippen LogP contribution is -1.86. The van der Waals surface area contributed by atoms with Crippen LogP contribution in [0, 0.1) is 0 Å². The molecule has 0 amide bonds. The minimum Gasteiger partial charge on any atom is -0.455 e. The zero-order valence-corrected chi connectivity index (χ0v) is 36.7. The lowest BCUT2D eigenvalue weighted by molar-refractivity contribution is 0.670. The van der Waals surface area contributed by atoms with Gasteiger partial charge in [-0.05, 0) is 141 Å². The van der Waals surface area contributed by atoms with E-state index >= 15 is 0 Å². The molecule has 0 aliphatic heterocycles. The summed E-state index contributed by atoms with van der Waals surface area (Å²) in [5, 5.41) is 10.1. The van der Waals surface area contributed by atoms with Crippen LogP contribution in [0.15, 0.2) is 259 Å². The Balaban J connectivity index is 0.745. The molecule has 1 heteroatoms. The molecule has 1 nitrogen and oxygen atoms in total. The minimum atomic E-state index is 0.915. The number of para-hydroxylation sites is 2. The Morgan fingerprint density at radius 3 is 0.970 bits per heavy atom. The summed E-state index contributed by atoms with van der Waals surface area (Å²) in [5.74, 6) is 0. The van der Waals surface area contributed by atoms with Gasteiger partial charge in [-0.3, -0.25) is 0 Å². The molecule has 1 heterocycles. The van der Waals surface area contributed by atoms with Gasteiger partial charge < -0.3 is 4.42 Å². The predicted octanol–water partition coefficient (Wildman–Crippen LogP) is 18.7. The van der Waals surface area contributed by atoms with Crippen LogP contribution in [0.3, 0.4) is 0 Å². The van der Waals surface area contributed by atoms with Gasteiger partial charge in [-0.2, -0.15) is 0 Å². The standard InChI is InChI=1S/C66H42O/c1-2-22-59-57(20-1)58-21-3-4-23-60(58)64-42-54(36-37-61(59)64)53-18-9-14-49(40-53)45-30-28-43(29-31-45)47-12-7-16-51(38-47)52-17-8-13-48(39-52)44-32-34-46(35-33-44)50-15-10-19-55(41-50)56-25-11-26-63-62-24-5-6-27-65(62)67-66(56)63/h1-42H. The number of hydrogen-bond donors (Lipinski definition) is 0. The van der Waals surface area contributed by atoms with E-state index in [0.717, 1.165) is 33.1 Å². The van der Waals surface area contributed by atoms with Crippen LogP contribution >= 0.6 is 0 Å². The number of furan rings is 1. The molecule has 0 saturated heterocycles. The van der Waals surface area contributed by atoms with Crippen LogP contribution in [0.1, 0.15) is 0 Å². The number of fused-ring (bicyclic) bond motifs is 9. The summed E-state index contributed by atoms with van der Waals surface area (Å²) in [6.45, 7) is 0. The van der Waals surface area contributed by atoms with E-state index in [9.17, 15) is 0 Å². The third-order valence-electron chi connectivity index (χ3n) is 13.7. The molecule has 0 unspecified atom stereocenters. The second-order valence-corrected chi connectivity index (χ2v) is 17.6. The fourth-order valence-electron chi connectivity index (χ4n) is 10.3. The Morgan fingerprint density at radius 2 is 0.493 bits per heavy atom. The van der Waals surface area contributed by atoms with Crippen molar-refractivity contribution in [2.24, 2.45) is 0 Å². The molecule has 0 radical (unpaired) electrons. The van der Waals surface area contributed by atoms with E-state index in [4.69, 9.17) is 4.42 Å². The number of benzene rings is 12. The molecule has 0 N–H and O–H groups in total. The van der Waals surface area contributed by atoms with Gasteiger partial charge in [0.1, 0.15) is 11.2 Å². The molecule has 0 fully saturated rings. The first kappa shape index (κ1) is 38.7. The SMILES string of the molecule is c1cc(-c2ccc(-c3cccc(-c4ccc5c6ccccc6c6ccccc6c5c4)c3)cc2)cc(-c2cccc(-c3ccc(-c4cccc(-c5cccc6c5oc5ccccc56)c4)cc3)c2)c1. The van der Waals surface area contributed by atoms with E-state index in [-0.39, 0.29) is 0 Å². The van der Waals surface area contributed by atoms with Crippen LogP contribution < -0.4 is 0 Å². The summed E-state index contributed by atoms with van der Waals surface area (Å²) >= 11 is 0. The molecule has 12 aromatic carbocycles. The monoisotopic (exact) mass is 850 g/mol. The van der Waals surface area contributed by atoms with Gasteiger partial charge in [-0.25, -0.2) is 0 Å². The lowest BCUT2D eigenvalue weighted by Gasteiger charge is -2.13. The highest BCUT2D eigenvalue weighted by atomic mass is 16.3. The molecule has 0 spiro atoms. The van der Waals surface area contributed by atoms with Crippen LogP contribution in [0.2, 0.25) is 0 Å². The van der Waals surface area contributed by atoms with Gasteiger partial charge in [0.2, 0.25) is 0 Å². The van der Waals surface area contributed by atoms with E-state index in [0.29, 0.717) is 0 Å². The molecule has 0 aliphatic rings. The first-order chi connectivity index (χ1) is 33.2. The van der Waals surface area contributed by atoms with E-state index in [1.54, 1.807) is 0 Å².